The number of ether oxygens (including phenoxy) is 2. The predicted octanol–water partition coefficient (Wildman–Crippen LogP) is 13.6. The van der Waals surface area contributed by atoms with Gasteiger partial charge in [0.2, 0.25) is 0 Å². The number of halogens is 1. The second-order valence-corrected chi connectivity index (χ2v) is 22.6. The maximum absolute atomic E-state index is 13.7. The van der Waals surface area contributed by atoms with Crippen LogP contribution in [0, 0.1) is 43.8 Å². The van der Waals surface area contributed by atoms with Gasteiger partial charge in [-0.2, -0.15) is 20.6 Å². The third-order valence-electron chi connectivity index (χ3n) is 16.5. The molecule has 0 saturated carbocycles. The molecule has 0 bridgehead atoms. The molecule has 0 aliphatic carbocycles. The molecule has 0 radical (unpaired) electrons. The van der Waals surface area contributed by atoms with E-state index in [-0.39, 0.29) is 30.0 Å². The number of nitriles is 1. The Balaban J connectivity index is 0.000000137. The van der Waals surface area contributed by atoms with Crippen LogP contribution in [0.5, 0.6) is 5.75 Å². The number of nitrogens with one attached hydrogen (secondary N) is 7. The summed E-state index contributed by atoms with van der Waals surface area (Å²) in [5, 5.41) is 44.9. The van der Waals surface area contributed by atoms with Crippen LogP contribution in [0.4, 0.5) is 41.9 Å². The molecule has 3 fully saturated rings. The quantitative estimate of drug-likeness (QED) is 0.0684. The lowest BCUT2D eigenvalue weighted by atomic mass is 10.0. The Kier molecular flexibility index (Phi) is 18.2. The first-order valence-electron chi connectivity index (χ1n) is 29.7. The fourth-order valence-corrected chi connectivity index (χ4v) is 11.5. The van der Waals surface area contributed by atoms with E-state index in [9.17, 15) is 18.8 Å². The number of aromatic amines is 3. The number of likely N-dealkylation sites (tertiary alicyclic amines) is 1. The molecule has 19 nitrogen and oxygen atoms in total. The minimum Gasteiger partial charge on any atom is -0.496 e. The Morgan fingerprint density at radius 2 is 1.24 bits per heavy atom. The van der Waals surface area contributed by atoms with Crippen molar-refractivity contribution in [1.29, 1.82) is 5.26 Å². The molecule has 2 unspecified atom stereocenters. The zero-order valence-electron chi connectivity index (χ0n) is 50.0. The normalized spacial score (nSPS) is 15.6. The molecule has 3 saturated heterocycles. The van der Waals surface area contributed by atoms with E-state index in [0.717, 1.165) is 107 Å². The van der Waals surface area contributed by atoms with Crippen LogP contribution in [0.1, 0.15) is 54.9 Å². The first-order chi connectivity index (χ1) is 42.8. The minimum atomic E-state index is -0.342. The molecule has 6 amide bonds. The molecule has 450 valence electrons. The van der Waals surface area contributed by atoms with E-state index in [1.807, 2.05) is 70.5 Å². The Morgan fingerprint density at radius 3 is 1.85 bits per heavy atom. The molecule has 0 spiro atoms. The Labute approximate surface area is 509 Å². The number of nitrogens with zero attached hydrogens (tertiary/aromatic N) is 7. The molecular formula is C68H71FN14O5. The van der Waals surface area contributed by atoms with Crippen LogP contribution in [-0.4, -0.2) is 124 Å². The van der Waals surface area contributed by atoms with Crippen LogP contribution in [-0.2, 0) is 4.74 Å². The molecule has 2 atom stereocenters. The smallest absolute Gasteiger partial charge is 0.323 e. The van der Waals surface area contributed by atoms with E-state index in [0.29, 0.717) is 59.9 Å². The minimum absolute atomic E-state index is 0.0745. The number of aromatic nitrogens is 6. The highest BCUT2D eigenvalue weighted by Gasteiger charge is 2.25. The van der Waals surface area contributed by atoms with Crippen LogP contribution < -0.4 is 30.9 Å². The number of fused-ring (bicyclic) bond motifs is 3. The van der Waals surface area contributed by atoms with Gasteiger partial charge in [0, 0.05) is 79.8 Å². The maximum atomic E-state index is 13.7. The summed E-state index contributed by atoms with van der Waals surface area (Å²) in [4.78, 5) is 43.7. The Morgan fingerprint density at radius 1 is 0.648 bits per heavy atom. The average molecular weight is 1180 g/mol. The van der Waals surface area contributed by atoms with Crippen LogP contribution in [0.15, 0.2) is 140 Å². The van der Waals surface area contributed by atoms with E-state index >= 15 is 0 Å². The fraction of sp³-hybridized carbons (Fsp3) is 0.279. The third-order valence-corrected chi connectivity index (χ3v) is 16.5. The van der Waals surface area contributed by atoms with Gasteiger partial charge in [-0.05, 0) is 164 Å². The number of hydrogen-bond acceptors (Lipinski definition) is 10. The van der Waals surface area contributed by atoms with Crippen LogP contribution in [0.25, 0.3) is 66.1 Å². The summed E-state index contributed by atoms with van der Waals surface area (Å²) in [5.74, 6) is 2.32. The Hall–Kier alpha value is -10.3. The van der Waals surface area contributed by atoms with E-state index in [1.54, 1.807) is 19.2 Å². The van der Waals surface area contributed by atoms with Gasteiger partial charge in [-0.1, -0.05) is 79.2 Å². The number of piperazine rings is 1. The lowest BCUT2D eigenvalue weighted by Crippen LogP contribution is -2.50. The number of carbonyl (C=O) groups is 3. The molecule has 7 N–H and O–H groups in total. The van der Waals surface area contributed by atoms with Gasteiger partial charge >= 0.3 is 18.1 Å². The standard InChI is InChI=1S/C27H29N5O.C21H21N5O.C20H21FN4O3/c1-18-6-4-8-21(16-18)22-10-11-23-24(17-22)29-30-26(23)28-27(33)32-14-12-31(13-15-32)25-9-5-7-19(2)20(25)3;1-14-4-3-9-26(13-14)21(27)23-20-18-8-7-17(11-19(18)24-25-20)16-6-2-5-15(10-16)12-22;1-27-18-7-5-13(21)10-16(18)12-4-6-15-17(9-12)24-25-19(15)23-20(26)22-11-14-3-2-8-28-14/h4-11,16-17H,12-15H2,1-3H3,(H2,28,29,30,33);2,5-8,10-11,14H,3-4,9,13H2,1H3,(H2,23,24,25,27);4-7,9-10,14H,2-3,8,11H2,1H3,(H3,22,23,24,25,26). The lowest BCUT2D eigenvalue weighted by Gasteiger charge is -2.36. The number of hydrogen-bond donors (Lipinski definition) is 7. The molecule has 3 aliphatic rings. The summed E-state index contributed by atoms with van der Waals surface area (Å²) in [5.41, 5.74) is 13.9. The second kappa shape index (κ2) is 27.0. The number of rotatable bonds is 10. The largest absolute Gasteiger partial charge is 0.496 e. The molecule has 20 heteroatoms. The van der Waals surface area contributed by atoms with E-state index in [1.165, 1.54) is 46.5 Å². The third kappa shape index (κ3) is 13.9. The lowest BCUT2D eigenvalue weighted by molar-refractivity contribution is 0.112. The van der Waals surface area contributed by atoms with Gasteiger partial charge in [-0.15, -0.1) is 0 Å². The molecule has 13 rings (SSSR count). The predicted molar refractivity (Wildman–Crippen MR) is 344 cm³/mol. The average Bonchev–Trinajstić information content (AvgIpc) is 4.24. The van der Waals surface area contributed by atoms with Crippen molar-refractivity contribution in [3.63, 3.8) is 0 Å². The number of carbonyl (C=O) groups excluding carboxylic acids is 3. The maximum Gasteiger partial charge on any atom is 0.323 e. The molecule has 6 heterocycles. The highest BCUT2D eigenvalue weighted by Crippen LogP contribution is 2.35. The van der Waals surface area contributed by atoms with Crippen LogP contribution >= 0.6 is 0 Å². The second-order valence-electron chi connectivity index (χ2n) is 22.6. The number of urea groups is 3. The summed E-state index contributed by atoms with van der Waals surface area (Å²) in [6.07, 6.45) is 4.27. The molecule has 3 aromatic heterocycles. The first kappa shape index (κ1) is 59.5. The number of methoxy groups -OCH3 is 1. The van der Waals surface area contributed by atoms with Crippen molar-refractivity contribution >= 4 is 73.9 Å². The molecule has 3 aliphatic heterocycles. The highest BCUT2D eigenvalue weighted by molar-refractivity contribution is 6.02. The zero-order chi connectivity index (χ0) is 61.3. The van der Waals surface area contributed by atoms with Gasteiger partial charge < -0.3 is 29.5 Å². The molecular weight excluding hydrogens is 1110 g/mol. The molecule has 7 aromatic carbocycles. The topological polar surface area (TPSA) is 237 Å². The molecule has 10 aromatic rings. The van der Waals surface area contributed by atoms with E-state index in [4.69, 9.17) is 14.7 Å². The number of anilines is 4. The van der Waals surface area contributed by atoms with Crippen LogP contribution in [0.3, 0.4) is 0 Å². The summed E-state index contributed by atoms with van der Waals surface area (Å²) in [7, 11) is 1.54. The van der Waals surface area contributed by atoms with Gasteiger partial charge in [0.05, 0.1) is 41.4 Å². The number of amides is 6. The Bertz CT molecular complexity index is 4190. The van der Waals surface area contributed by atoms with Crippen molar-refractivity contribution in [2.75, 3.05) is 80.4 Å². The van der Waals surface area contributed by atoms with Crippen molar-refractivity contribution < 1.29 is 28.2 Å². The van der Waals surface area contributed by atoms with Crippen molar-refractivity contribution in [3.05, 3.63) is 168 Å². The number of benzene rings is 7. The van der Waals surface area contributed by atoms with Gasteiger partial charge in [-0.3, -0.25) is 31.2 Å². The first-order valence-corrected chi connectivity index (χ1v) is 29.7. The van der Waals surface area contributed by atoms with E-state index in [2.05, 4.69) is 145 Å². The fourth-order valence-electron chi connectivity index (χ4n) is 11.5. The molecule has 88 heavy (non-hydrogen) atoms. The van der Waals surface area contributed by atoms with Gasteiger partial charge in [0.25, 0.3) is 0 Å². The number of H-pyrrole nitrogens is 3. The summed E-state index contributed by atoms with van der Waals surface area (Å²) in [6, 6.07) is 45.9. The highest BCUT2D eigenvalue weighted by atomic mass is 19.1. The summed E-state index contributed by atoms with van der Waals surface area (Å²) in [6.45, 7) is 14.4. The number of aryl methyl sites for hydroxylation is 2. The van der Waals surface area contributed by atoms with Gasteiger partial charge in [0.15, 0.2) is 17.5 Å². The number of piperidine rings is 1. The SMILES string of the molecule is CC1CCCN(C(=O)Nc2n[nH]c3cc(-c4cccc(C#N)c4)ccc23)C1.COc1ccc(F)cc1-c1ccc2c(NC(=O)NCC3CCCO3)n[nH]c2c1.Cc1cccc(-c2ccc3c(NC(=O)N4CCN(c5cccc(C)c5C)CC4)n[nH]c3c2)c1. The van der Waals surface area contributed by atoms with Crippen molar-refractivity contribution in [1.82, 2.24) is 45.7 Å². The van der Waals surface area contributed by atoms with Crippen molar-refractivity contribution in [2.24, 2.45) is 5.92 Å². The van der Waals surface area contributed by atoms with Crippen molar-refractivity contribution in [3.8, 4) is 45.2 Å². The van der Waals surface area contributed by atoms with Gasteiger partial charge in [0.1, 0.15) is 11.6 Å². The van der Waals surface area contributed by atoms with Crippen molar-refractivity contribution in [2.45, 2.75) is 59.5 Å². The summed E-state index contributed by atoms with van der Waals surface area (Å²) < 4.78 is 24.5. The van der Waals surface area contributed by atoms with Crippen LogP contribution in [0.2, 0.25) is 0 Å². The summed E-state index contributed by atoms with van der Waals surface area (Å²) >= 11 is 0. The zero-order valence-corrected chi connectivity index (χ0v) is 50.0. The monoisotopic (exact) mass is 1180 g/mol. The van der Waals surface area contributed by atoms with E-state index < -0.39 is 0 Å². The van der Waals surface area contributed by atoms with Gasteiger partial charge in [-0.25, -0.2) is 18.8 Å².